The Hall–Kier alpha value is -6.64. The molecule has 0 fully saturated rings. The molecule has 1 heterocycles. The first-order valence-electron chi connectivity index (χ1n) is 18.9. The van der Waals surface area contributed by atoms with Crippen molar-refractivity contribution in [1.82, 2.24) is 0 Å². The van der Waals surface area contributed by atoms with E-state index in [4.69, 9.17) is 4.42 Å². The summed E-state index contributed by atoms with van der Waals surface area (Å²) in [5, 5.41) is 2.22. The maximum Gasteiger partial charge on any atom is 0.137 e. The minimum absolute atomic E-state index is 0.270. The van der Waals surface area contributed by atoms with Crippen molar-refractivity contribution < 1.29 is 4.42 Å². The zero-order valence-corrected chi connectivity index (χ0v) is 30.3. The van der Waals surface area contributed by atoms with Crippen LogP contribution in [0.1, 0.15) is 47.2 Å². The monoisotopic (exact) mass is 691 g/mol. The predicted molar refractivity (Wildman–Crippen MR) is 223 cm³/mol. The third kappa shape index (κ3) is 4.17. The summed E-state index contributed by atoms with van der Waals surface area (Å²) in [6, 6.07) is 68.9. The number of para-hydroxylation sites is 1. The summed E-state index contributed by atoms with van der Waals surface area (Å²) in [4.78, 5) is 2.46. The average molecular weight is 692 g/mol. The topological polar surface area (TPSA) is 16.4 Å². The van der Waals surface area contributed by atoms with Gasteiger partial charge in [0, 0.05) is 27.6 Å². The number of anilines is 3. The third-order valence-electron chi connectivity index (χ3n) is 12.4. The van der Waals surface area contributed by atoms with E-state index in [1.54, 1.807) is 0 Å². The molecule has 0 amide bonds. The van der Waals surface area contributed by atoms with Crippen LogP contribution in [0.3, 0.4) is 0 Å². The number of hydrogen-bond acceptors (Lipinski definition) is 2. The lowest BCUT2D eigenvalue weighted by Gasteiger charge is -2.32. The van der Waals surface area contributed by atoms with Gasteiger partial charge in [0.15, 0.2) is 0 Å². The molecule has 2 aliphatic rings. The molecule has 0 bridgehead atoms. The molecule has 2 nitrogen and oxygen atoms in total. The van der Waals surface area contributed by atoms with E-state index in [-0.39, 0.29) is 10.8 Å². The lowest BCUT2D eigenvalue weighted by molar-refractivity contribution is 0.669. The van der Waals surface area contributed by atoms with Crippen LogP contribution in [0.15, 0.2) is 192 Å². The van der Waals surface area contributed by atoms with Crippen molar-refractivity contribution in [2.24, 2.45) is 0 Å². The highest BCUT2D eigenvalue weighted by atomic mass is 16.3. The van der Waals surface area contributed by atoms with Crippen molar-refractivity contribution >= 4 is 39.0 Å². The Bertz CT molecular complexity index is 2920. The molecule has 9 aromatic rings. The Morgan fingerprint density at radius 2 is 0.907 bits per heavy atom. The highest BCUT2D eigenvalue weighted by molar-refractivity contribution is 6.13. The van der Waals surface area contributed by atoms with Crippen LogP contribution in [-0.2, 0) is 10.8 Å². The SMILES string of the molecule is CC1(c2ccccc2)c2ccccc2-c2cc(N(c3ccc4c(c3)C(C)(c3ccccc3)c3ccccc3-4)c3cccc4oc5ccccc5c34)ccc21. The molecule has 8 aromatic carbocycles. The molecule has 1 aromatic heterocycles. The summed E-state index contributed by atoms with van der Waals surface area (Å²) in [5.74, 6) is 0. The minimum atomic E-state index is -0.322. The van der Waals surface area contributed by atoms with Crippen LogP contribution in [0.4, 0.5) is 17.1 Å². The second-order valence-corrected chi connectivity index (χ2v) is 15.1. The van der Waals surface area contributed by atoms with Crippen molar-refractivity contribution in [3.05, 3.63) is 221 Å². The van der Waals surface area contributed by atoms with E-state index in [0.717, 1.165) is 39.0 Å². The lowest BCUT2D eigenvalue weighted by Crippen LogP contribution is -2.23. The van der Waals surface area contributed by atoms with Gasteiger partial charge in [-0.1, -0.05) is 146 Å². The van der Waals surface area contributed by atoms with Gasteiger partial charge in [0.1, 0.15) is 11.2 Å². The fourth-order valence-electron chi connectivity index (χ4n) is 9.78. The molecule has 54 heavy (non-hydrogen) atoms. The molecule has 0 saturated carbocycles. The molecule has 0 spiro atoms. The zero-order valence-electron chi connectivity index (χ0n) is 30.3. The van der Waals surface area contributed by atoms with Gasteiger partial charge in [-0.2, -0.15) is 0 Å². The van der Waals surface area contributed by atoms with Crippen molar-refractivity contribution in [2.75, 3.05) is 4.90 Å². The van der Waals surface area contributed by atoms with Gasteiger partial charge in [0.25, 0.3) is 0 Å². The van der Waals surface area contributed by atoms with Crippen LogP contribution in [0.25, 0.3) is 44.2 Å². The predicted octanol–water partition coefficient (Wildman–Crippen LogP) is 13.7. The number of fused-ring (bicyclic) bond motifs is 9. The van der Waals surface area contributed by atoms with Crippen molar-refractivity contribution in [2.45, 2.75) is 24.7 Å². The molecule has 0 aliphatic heterocycles. The van der Waals surface area contributed by atoms with Gasteiger partial charge in [0.05, 0.1) is 11.1 Å². The maximum atomic E-state index is 6.49. The minimum Gasteiger partial charge on any atom is -0.456 e. The number of furan rings is 1. The van der Waals surface area contributed by atoms with Crippen molar-refractivity contribution in [3.8, 4) is 22.3 Å². The number of hydrogen-bond donors (Lipinski definition) is 0. The summed E-state index contributed by atoms with van der Waals surface area (Å²) < 4.78 is 6.49. The molecular weight excluding hydrogens is 655 g/mol. The summed E-state index contributed by atoms with van der Waals surface area (Å²) in [5.41, 5.74) is 17.5. The second-order valence-electron chi connectivity index (χ2n) is 15.1. The maximum absolute atomic E-state index is 6.49. The molecule has 2 heteroatoms. The second kappa shape index (κ2) is 11.4. The van der Waals surface area contributed by atoms with Crippen LogP contribution in [-0.4, -0.2) is 0 Å². The van der Waals surface area contributed by atoms with E-state index in [0.29, 0.717) is 0 Å². The Morgan fingerprint density at radius 3 is 1.63 bits per heavy atom. The van der Waals surface area contributed by atoms with E-state index in [2.05, 4.69) is 201 Å². The largest absolute Gasteiger partial charge is 0.456 e. The first kappa shape index (κ1) is 30.9. The smallest absolute Gasteiger partial charge is 0.137 e. The van der Waals surface area contributed by atoms with E-state index in [1.807, 2.05) is 6.07 Å². The summed E-state index contributed by atoms with van der Waals surface area (Å²) >= 11 is 0. The van der Waals surface area contributed by atoms with Gasteiger partial charge in [-0.15, -0.1) is 0 Å². The first-order valence-corrected chi connectivity index (χ1v) is 18.9. The Morgan fingerprint density at radius 1 is 0.389 bits per heavy atom. The van der Waals surface area contributed by atoms with Crippen LogP contribution < -0.4 is 4.90 Å². The summed E-state index contributed by atoms with van der Waals surface area (Å²) in [7, 11) is 0. The normalized spacial score (nSPS) is 18.0. The Balaban J connectivity index is 1.19. The van der Waals surface area contributed by atoms with E-state index in [9.17, 15) is 0 Å². The highest BCUT2D eigenvalue weighted by Gasteiger charge is 2.43. The fourth-order valence-corrected chi connectivity index (χ4v) is 9.78. The first-order chi connectivity index (χ1) is 26.5. The van der Waals surface area contributed by atoms with Gasteiger partial charge in [0.2, 0.25) is 0 Å². The third-order valence-corrected chi connectivity index (χ3v) is 12.4. The van der Waals surface area contributed by atoms with E-state index >= 15 is 0 Å². The van der Waals surface area contributed by atoms with Gasteiger partial charge >= 0.3 is 0 Å². The number of rotatable bonds is 5. The highest BCUT2D eigenvalue weighted by Crippen LogP contribution is 2.56. The van der Waals surface area contributed by atoms with Crippen LogP contribution in [0.5, 0.6) is 0 Å². The molecular formula is C52H37NO. The molecule has 256 valence electrons. The zero-order chi connectivity index (χ0) is 36.0. The lowest BCUT2D eigenvalue weighted by atomic mass is 9.74. The quantitative estimate of drug-likeness (QED) is 0.179. The molecule has 2 aliphatic carbocycles. The molecule has 0 radical (unpaired) electrons. The molecule has 2 unspecified atom stereocenters. The van der Waals surface area contributed by atoms with Crippen LogP contribution in [0, 0.1) is 0 Å². The summed E-state index contributed by atoms with van der Waals surface area (Å²) in [6.45, 7) is 4.77. The molecule has 2 atom stereocenters. The number of benzene rings is 8. The van der Waals surface area contributed by atoms with E-state index in [1.165, 1.54) is 55.6 Å². The average Bonchev–Trinajstić information content (AvgIpc) is 3.84. The Kier molecular flexibility index (Phi) is 6.55. The van der Waals surface area contributed by atoms with Gasteiger partial charge in [-0.05, 0) is 112 Å². The van der Waals surface area contributed by atoms with Crippen molar-refractivity contribution in [1.29, 1.82) is 0 Å². The fraction of sp³-hybridized carbons (Fsp3) is 0.0769. The Labute approximate surface area is 315 Å². The molecule has 11 rings (SSSR count). The van der Waals surface area contributed by atoms with Gasteiger partial charge in [-0.25, -0.2) is 0 Å². The standard InChI is InChI=1S/C52H37NO/c1-51(34-16-5-3-6-17-34)44-24-13-10-21-39(44)42-32-36(29-31-45(42)51)53(47-25-15-27-49-50(47)41-22-11-14-26-48(41)54-49)37-28-30-40-38-20-9-12-23-43(38)52(2,46(40)33-37)35-18-7-4-8-19-35/h3-33H,1-2H3. The summed E-state index contributed by atoms with van der Waals surface area (Å²) in [6.07, 6.45) is 0. The number of nitrogens with zero attached hydrogens (tertiary/aromatic N) is 1. The van der Waals surface area contributed by atoms with Crippen molar-refractivity contribution in [3.63, 3.8) is 0 Å². The molecule has 0 saturated heterocycles. The van der Waals surface area contributed by atoms with E-state index < -0.39 is 0 Å². The molecule has 0 N–H and O–H groups in total. The van der Waals surface area contributed by atoms with Crippen LogP contribution in [0.2, 0.25) is 0 Å². The van der Waals surface area contributed by atoms with Gasteiger partial charge in [-0.3, -0.25) is 0 Å². The van der Waals surface area contributed by atoms with Crippen LogP contribution >= 0.6 is 0 Å². The van der Waals surface area contributed by atoms with Gasteiger partial charge < -0.3 is 9.32 Å².